The van der Waals surface area contributed by atoms with Gasteiger partial charge in [0.2, 0.25) is 0 Å². The lowest BCUT2D eigenvalue weighted by atomic mass is 10.2. The van der Waals surface area contributed by atoms with E-state index in [0.717, 1.165) is 5.69 Å². The quantitative estimate of drug-likeness (QED) is 0.776. The predicted octanol–water partition coefficient (Wildman–Crippen LogP) is 1.38. The van der Waals surface area contributed by atoms with E-state index in [1.54, 1.807) is 13.1 Å². The highest BCUT2D eigenvalue weighted by Gasteiger charge is 2.22. The van der Waals surface area contributed by atoms with Gasteiger partial charge in [-0.1, -0.05) is 5.16 Å². The zero-order valence-corrected chi connectivity index (χ0v) is 8.24. The third kappa shape index (κ3) is 1.50. The van der Waals surface area contributed by atoms with Crippen molar-refractivity contribution in [2.24, 2.45) is 0 Å². The smallest absolute Gasteiger partial charge is 0.341 e. The molecule has 0 aliphatic heterocycles. The van der Waals surface area contributed by atoms with Crippen LogP contribution in [0.2, 0.25) is 0 Å². The third-order valence-electron chi connectivity index (χ3n) is 2.00. The van der Waals surface area contributed by atoms with E-state index in [2.05, 4.69) is 15.1 Å². The molecule has 15 heavy (non-hydrogen) atoms. The average molecular weight is 207 g/mol. The minimum atomic E-state index is -1.07. The number of nitrogens with zero attached hydrogens (tertiary/aromatic N) is 2. The predicted molar refractivity (Wildman–Crippen MR) is 50.5 cm³/mol. The Morgan fingerprint density at radius 2 is 2.27 bits per heavy atom. The highest BCUT2D eigenvalue weighted by molar-refractivity contribution is 5.94. The van der Waals surface area contributed by atoms with Gasteiger partial charge < -0.3 is 14.6 Å². The SMILES string of the molecule is Cc1cnc(-c2noc(C)c2C(=O)O)[nH]1. The number of aromatic carboxylic acids is 1. The summed E-state index contributed by atoms with van der Waals surface area (Å²) in [6.45, 7) is 3.37. The average Bonchev–Trinajstić information content (AvgIpc) is 2.71. The number of aromatic amines is 1. The summed E-state index contributed by atoms with van der Waals surface area (Å²) in [6.07, 6.45) is 1.60. The maximum Gasteiger partial charge on any atom is 0.341 e. The van der Waals surface area contributed by atoms with Crippen molar-refractivity contribution in [3.05, 3.63) is 23.2 Å². The normalized spacial score (nSPS) is 10.5. The highest BCUT2D eigenvalue weighted by Crippen LogP contribution is 2.22. The number of carboxylic acid groups (broad SMARTS) is 1. The second kappa shape index (κ2) is 3.23. The van der Waals surface area contributed by atoms with Crippen molar-refractivity contribution in [2.75, 3.05) is 0 Å². The van der Waals surface area contributed by atoms with Crippen LogP contribution < -0.4 is 0 Å². The standard InChI is InChI=1S/C9H9N3O3/c1-4-3-10-8(11-4)7-6(9(13)14)5(2)15-12-7/h3H,1-2H3,(H,10,11)(H,13,14). The number of nitrogens with one attached hydrogen (secondary N) is 1. The Morgan fingerprint density at radius 3 is 2.80 bits per heavy atom. The second-order valence-electron chi connectivity index (χ2n) is 3.18. The number of aryl methyl sites for hydroxylation is 2. The number of carbonyl (C=O) groups is 1. The van der Waals surface area contributed by atoms with Gasteiger partial charge in [-0.25, -0.2) is 9.78 Å². The van der Waals surface area contributed by atoms with E-state index in [1.165, 1.54) is 0 Å². The Kier molecular flexibility index (Phi) is 2.03. The first kappa shape index (κ1) is 9.45. The molecule has 0 atom stereocenters. The third-order valence-corrected chi connectivity index (χ3v) is 2.00. The van der Waals surface area contributed by atoms with Crippen molar-refractivity contribution in [1.82, 2.24) is 15.1 Å². The van der Waals surface area contributed by atoms with Gasteiger partial charge in [-0.3, -0.25) is 0 Å². The first-order valence-electron chi connectivity index (χ1n) is 4.31. The molecule has 6 heteroatoms. The first-order chi connectivity index (χ1) is 7.09. The molecule has 0 saturated carbocycles. The number of hydrogen-bond acceptors (Lipinski definition) is 4. The Balaban J connectivity index is 2.58. The van der Waals surface area contributed by atoms with E-state index in [-0.39, 0.29) is 17.0 Å². The zero-order valence-electron chi connectivity index (χ0n) is 8.24. The summed E-state index contributed by atoms with van der Waals surface area (Å²) in [5, 5.41) is 12.6. The highest BCUT2D eigenvalue weighted by atomic mass is 16.5. The molecule has 2 rings (SSSR count). The monoisotopic (exact) mass is 207 g/mol. The van der Waals surface area contributed by atoms with E-state index in [1.807, 2.05) is 6.92 Å². The van der Waals surface area contributed by atoms with Gasteiger partial charge in [0.05, 0.1) is 0 Å². The first-order valence-corrected chi connectivity index (χ1v) is 4.31. The molecule has 0 bridgehead atoms. The van der Waals surface area contributed by atoms with Gasteiger partial charge in [-0.05, 0) is 13.8 Å². The van der Waals surface area contributed by atoms with Gasteiger partial charge in [-0.15, -0.1) is 0 Å². The van der Waals surface area contributed by atoms with Crippen molar-refractivity contribution >= 4 is 5.97 Å². The largest absolute Gasteiger partial charge is 0.477 e. The molecule has 6 nitrogen and oxygen atoms in total. The van der Waals surface area contributed by atoms with Crippen LogP contribution in [0.5, 0.6) is 0 Å². The minimum absolute atomic E-state index is 0.0457. The van der Waals surface area contributed by atoms with Crippen LogP contribution in [0.1, 0.15) is 21.8 Å². The molecule has 0 unspecified atom stereocenters. The molecule has 0 fully saturated rings. The molecule has 2 aromatic heterocycles. The summed E-state index contributed by atoms with van der Waals surface area (Å²) in [6, 6.07) is 0. The summed E-state index contributed by atoms with van der Waals surface area (Å²) in [5.41, 5.74) is 1.11. The van der Waals surface area contributed by atoms with Gasteiger partial charge in [0.1, 0.15) is 11.3 Å². The maximum absolute atomic E-state index is 10.9. The molecule has 78 valence electrons. The number of H-pyrrole nitrogens is 1. The molecule has 0 aliphatic rings. The van der Waals surface area contributed by atoms with E-state index < -0.39 is 5.97 Å². The molecule has 0 radical (unpaired) electrons. The van der Waals surface area contributed by atoms with Gasteiger partial charge in [-0.2, -0.15) is 0 Å². The molecule has 0 spiro atoms. The molecule has 0 amide bonds. The van der Waals surface area contributed by atoms with Crippen LogP contribution >= 0.6 is 0 Å². The van der Waals surface area contributed by atoms with Crippen LogP contribution in [-0.2, 0) is 0 Å². The van der Waals surface area contributed by atoms with E-state index in [9.17, 15) is 4.79 Å². The minimum Gasteiger partial charge on any atom is -0.477 e. The van der Waals surface area contributed by atoms with Gasteiger partial charge in [0, 0.05) is 11.9 Å². The molecule has 2 heterocycles. The summed E-state index contributed by atoms with van der Waals surface area (Å²) in [5.74, 6) is -0.397. The fraction of sp³-hybridized carbons (Fsp3) is 0.222. The fourth-order valence-corrected chi connectivity index (χ4v) is 1.32. The Labute approximate surface area is 84.9 Å². The van der Waals surface area contributed by atoms with E-state index >= 15 is 0 Å². The molecular weight excluding hydrogens is 198 g/mol. The number of imidazole rings is 1. The summed E-state index contributed by atoms with van der Waals surface area (Å²) in [7, 11) is 0. The molecule has 2 N–H and O–H groups in total. The van der Waals surface area contributed by atoms with Crippen LogP contribution in [0.4, 0.5) is 0 Å². The maximum atomic E-state index is 10.9. The van der Waals surface area contributed by atoms with Gasteiger partial charge in [0.15, 0.2) is 11.5 Å². The number of carboxylic acids is 1. The van der Waals surface area contributed by atoms with Crippen molar-refractivity contribution in [1.29, 1.82) is 0 Å². The lowest BCUT2D eigenvalue weighted by Gasteiger charge is -1.92. The number of hydrogen-bond donors (Lipinski definition) is 2. The Bertz CT molecular complexity index is 512. The Hall–Kier alpha value is -2.11. The second-order valence-corrected chi connectivity index (χ2v) is 3.18. The number of aromatic nitrogens is 3. The summed E-state index contributed by atoms with van der Waals surface area (Å²) < 4.78 is 4.83. The zero-order chi connectivity index (χ0) is 11.0. The number of rotatable bonds is 2. The van der Waals surface area contributed by atoms with Crippen molar-refractivity contribution in [3.8, 4) is 11.5 Å². The lowest BCUT2D eigenvalue weighted by Crippen LogP contribution is -1.99. The molecule has 2 aromatic rings. The topological polar surface area (TPSA) is 92.0 Å². The van der Waals surface area contributed by atoms with E-state index in [0.29, 0.717) is 5.82 Å². The van der Waals surface area contributed by atoms with Crippen LogP contribution in [0.3, 0.4) is 0 Å². The van der Waals surface area contributed by atoms with Crippen molar-refractivity contribution < 1.29 is 14.4 Å². The van der Waals surface area contributed by atoms with Gasteiger partial charge >= 0.3 is 5.97 Å². The van der Waals surface area contributed by atoms with Gasteiger partial charge in [0.25, 0.3) is 0 Å². The fourth-order valence-electron chi connectivity index (χ4n) is 1.32. The van der Waals surface area contributed by atoms with Crippen LogP contribution in [0.15, 0.2) is 10.7 Å². The lowest BCUT2D eigenvalue weighted by molar-refractivity contribution is 0.0695. The van der Waals surface area contributed by atoms with Crippen LogP contribution in [-0.4, -0.2) is 26.2 Å². The van der Waals surface area contributed by atoms with Crippen LogP contribution in [0, 0.1) is 13.8 Å². The Morgan fingerprint density at radius 1 is 1.53 bits per heavy atom. The molecular formula is C9H9N3O3. The molecule has 0 aromatic carbocycles. The van der Waals surface area contributed by atoms with Crippen LogP contribution in [0.25, 0.3) is 11.5 Å². The molecule has 0 aliphatic carbocycles. The van der Waals surface area contributed by atoms with Crippen molar-refractivity contribution in [2.45, 2.75) is 13.8 Å². The van der Waals surface area contributed by atoms with E-state index in [4.69, 9.17) is 9.63 Å². The summed E-state index contributed by atoms with van der Waals surface area (Å²) >= 11 is 0. The molecule has 0 saturated heterocycles. The van der Waals surface area contributed by atoms with Crippen molar-refractivity contribution in [3.63, 3.8) is 0 Å². The summed E-state index contributed by atoms with van der Waals surface area (Å²) in [4.78, 5) is 17.8.